The van der Waals surface area contributed by atoms with Gasteiger partial charge in [0, 0.05) is 73.9 Å². The number of primary amides is 2. The van der Waals surface area contributed by atoms with Crippen molar-refractivity contribution >= 4 is 123 Å². The molecule has 20 N–H and O–H groups in total. The third-order valence-corrected chi connectivity index (χ3v) is 16.0. The van der Waals surface area contributed by atoms with Crippen LogP contribution in [0.5, 0.6) is 0 Å². The summed E-state index contributed by atoms with van der Waals surface area (Å²) in [5.41, 5.74) is 12.7. The molecule has 98 heavy (non-hydrogen) atoms. The van der Waals surface area contributed by atoms with Crippen molar-refractivity contribution in [1.82, 2.24) is 89.0 Å². The van der Waals surface area contributed by atoms with Gasteiger partial charge in [-0.25, -0.2) is 4.98 Å². The van der Waals surface area contributed by atoms with Crippen molar-refractivity contribution in [3.05, 3.63) is 54.2 Å². The van der Waals surface area contributed by atoms with Crippen LogP contribution in [0.3, 0.4) is 0 Å². The van der Waals surface area contributed by atoms with E-state index in [1.54, 1.807) is 58.4 Å². The van der Waals surface area contributed by atoms with Crippen LogP contribution >= 0.6 is 23.5 Å². The van der Waals surface area contributed by atoms with Crippen molar-refractivity contribution in [3.63, 3.8) is 0 Å². The van der Waals surface area contributed by atoms with Gasteiger partial charge in [0.2, 0.25) is 88.6 Å². The Hall–Kier alpha value is -9.36. The quantitative estimate of drug-likeness (QED) is 0.0185. The molecule has 0 fully saturated rings. The summed E-state index contributed by atoms with van der Waals surface area (Å²) in [6.45, 7) is 6.84. The number of carbonyl (C=O) groups excluding carboxylic acids is 15. The fourth-order valence-corrected chi connectivity index (χ4v) is 10.7. The molecule has 2 aromatic heterocycles. The van der Waals surface area contributed by atoms with Gasteiger partial charge in [-0.3, -0.25) is 71.9 Å². The van der Waals surface area contributed by atoms with E-state index in [2.05, 4.69) is 84.1 Å². The highest BCUT2D eigenvalue weighted by Crippen LogP contribution is 2.20. The number of aliphatic hydroxyl groups excluding tert-OH is 1. The molecule has 9 atom stereocenters. The van der Waals surface area contributed by atoms with Gasteiger partial charge in [-0.15, -0.1) is 11.8 Å². The molecular formula is C61H95N19O16S2. The number of aromatic nitrogens is 3. The van der Waals surface area contributed by atoms with Crippen LogP contribution in [0.2, 0.25) is 0 Å². The summed E-state index contributed by atoms with van der Waals surface area (Å²) in [5, 5.41) is 43.2. The first-order valence-electron chi connectivity index (χ1n) is 31.5. The zero-order valence-electron chi connectivity index (χ0n) is 56.4. The Morgan fingerprint density at radius 2 is 1.18 bits per heavy atom. The van der Waals surface area contributed by atoms with Crippen molar-refractivity contribution in [2.75, 3.05) is 70.5 Å². The highest BCUT2D eigenvalue weighted by Gasteiger charge is 2.35. The minimum absolute atomic E-state index is 0.0460. The maximum absolute atomic E-state index is 14.3. The highest BCUT2D eigenvalue weighted by atomic mass is 32.2. The lowest BCUT2D eigenvalue weighted by atomic mass is 10.0. The topological polar surface area (TPSA) is 532 Å². The molecule has 0 bridgehead atoms. The summed E-state index contributed by atoms with van der Waals surface area (Å²) >= 11 is 2.49. The van der Waals surface area contributed by atoms with Crippen LogP contribution in [0.1, 0.15) is 84.9 Å². The number of para-hydroxylation sites is 1. The predicted octanol–water partition coefficient (Wildman–Crippen LogP) is -5.62. The van der Waals surface area contributed by atoms with Crippen LogP contribution in [0.15, 0.2) is 43.0 Å². The molecule has 0 radical (unpaired) electrons. The Morgan fingerprint density at radius 3 is 1.81 bits per heavy atom. The number of hydrogen-bond acceptors (Lipinski definition) is 20. The summed E-state index contributed by atoms with van der Waals surface area (Å²) in [6, 6.07) is -4.84. The van der Waals surface area contributed by atoms with Crippen LogP contribution in [0.25, 0.3) is 10.9 Å². The number of benzene rings is 1. The molecule has 1 aromatic carbocycles. The summed E-state index contributed by atoms with van der Waals surface area (Å²) in [4.78, 5) is 209. The minimum Gasteiger partial charge on any atom is -0.394 e. The number of imidazole rings is 1. The SMILES string of the molecule is CSCC[C@H](NC(=O)[C@H](CC(C)C)NC(=O)[C@H](Cc1cnc[nH]1)NC(=O)CNC(=O)[C@@H](NC(=O)[C@H](C)NC(=O)[C@H](Cc1c[nH]c2ccccc12)NC(=O)[C@H](CCC(N)=O)NC(=O)CCNC(=O)CNC(=O)[C@H](CSCNC(C)=O)NC(=O)[C@H](CO)NC(=O)CN(C)C)C(C)C)C(N)=O. The Balaban J connectivity index is 1.72. The Kier molecular flexibility index (Phi) is 36.4. The second kappa shape index (κ2) is 43.0. The smallest absolute Gasteiger partial charge is 0.245 e. The van der Waals surface area contributed by atoms with Crippen molar-refractivity contribution < 1.29 is 77.0 Å². The lowest BCUT2D eigenvalue weighted by Gasteiger charge is -2.26. The van der Waals surface area contributed by atoms with E-state index >= 15 is 0 Å². The number of carbonyl (C=O) groups is 15. The first kappa shape index (κ1) is 82.9. The van der Waals surface area contributed by atoms with Crippen LogP contribution < -0.4 is 80.6 Å². The lowest BCUT2D eigenvalue weighted by Crippen LogP contribution is -2.59. The van der Waals surface area contributed by atoms with E-state index in [0.717, 1.165) is 11.8 Å². The molecule has 0 aliphatic rings. The van der Waals surface area contributed by atoms with Crippen molar-refractivity contribution in [2.24, 2.45) is 23.3 Å². The monoisotopic (exact) mass is 1410 g/mol. The van der Waals surface area contributed by atoms with Crippen molar-refractivity contribution in [1.29, 1.82) is 0 Å². The average Bonchev–Trinajstić information content (AvgIpc) is 1.65. The minimum atomic E-state index is -1.50. The number of aromatic amines is 2. The third kappa shape index (κ3) is 30.8. The number of nitrogens with one attached hydrogen (secondary N) is 15. The number of nitrogens with zero attached hydrogens (tertiary/aromatic N) is 2. The molecule has 0 aliphatic carbocycles. The Labute approximate surface area is 575 Å². The number of hydrogen-bond donors (Lipinski definition) is 18. The van der Waals surface area contributed by atoms with E-state index < -0.39 is 176 Å². The third-order valence-electron chi connectivity index (χ3n) is 14.5. The molecule has 3 rings (SSSR count). The van der Waals surface area contributed by atoms with Gasteiger partial charge in [-0.2, -0.15) is 11.8 Å². The first-order chi connectivity index (χ1) is 46.3. The molecule has 542 valence electrons. The summed E-state index contributed by atoms with van der Waals surface area (Å²) < 4.78 is 0. The highest BCUT2D eigenvalue weighted by molar-refractivity contribution is 7.99. The first-order valence-corrected chi connectivity index (χ1v) is 34.1. The second-order valence-electron chi connectivity index (χ2n) is 23.9. The molecule has 0 aliphatic heterocycles. The van der Waals surface area contributed by atoms with Crippen molar-refractivity contribution in [3.8, 4) is 0 Å². The largest absolute Gasteiger partial charge is 0.394 e. The molecular weight excluding hydrogens is 1320 g/mol. The summed E-state index contributed by atoms with van der Waals surface area (Å²) in [7, 11) is 3.23. The van der Waals surface area contributed by atoms with Gasteiger partial charge in [0.05, 0.1) is 38.4 Å². The Bertz CT molecular complexity index is 3220. The van der Waals surface area contributed by atoms with E-state index in [9.17, 15) is 77.0 Å². The summed E-state index contributed by atoms with van der Waals surface area (Å²) in [6.07, 6.45) is 5.10. The van der Waals surface area contributed by atoms with Crippen LogP contribution in [0, 0.1) is 11.8 Å². The zero-order chi connectivity index (χ0) is 73.2. The average molecular weight is 1410 g/mol. The molecule has 0 spiro atoms. The normalized spacial score (nSPS) is 13.9. The maximum atomic E-state index is 14.3. The van der Waals surface area contributed by atoms with Gasteiger partial charge >= 0.3 is 0 Å². The predicted molar refractivity (Wildman–Crippen MR) is 363 cm³/mol. The number of H-pyrrole nitrogens is 2. The van der Waals surface area contributed by atoms with E-state index in [4.69, 9.17) is 11.5 Å². The second-order valence-corrected chi connectivity index (χ2v) is 25.9. The van der Waals surface area contributed by atoms with Gasteiger partial charge in [0.1, 0.15) is 54.4 Å². The number of nitrogens with two attached hydrogens (primary N) is 2. The van der Waals surface area contributed by atoms with Gasteiger partial charge in [0.15, 0.2) is 0 Å². The molecule has 2 heterocycles. The van der Waals surface area contributed by atoms with Gasteiger partial charge in [-0.1, -0.05) is 45.9 Å². The molecule has 37 heteroatoms. The van der Waals surface area contributed by atoms with Crippen molar-refractivity contribution in [2.45, 2.75) is 141 Å². The van der Waals surface area contributed by atoms with E-state index in [-0.39, 0.29) is 68.6 Å². The van der Waals surface area contributed by atoms with Gasteiger partial charge in [-0.05, 0) is 75.8 Å². The fraction of sp³-hybridized carbons (Fsp3) is 0.574. The molecule has 0 saturated carbocycles. The van der Waals surface area contributed by atoms with E-state index in [1.165, 1.54) is 43.0 Å². The number of amides is 15. The van der Waals surface area contributed by atoms with Gasteiger partial charge < -0.3 is 101 Å². The molecule has 35 nitrogen and oxygen atoms in total. The number of aliphatic hydroxyl groups is 1. The maximum Gasteiger partial charge on any atom is 0.245 e. The molecule has 0 unspecified atom stereocenters. The number of rotatable bonds is 45. The van der Waals surface area contributed by atoms with E-state index in [0.29, 0.717) is 27.9 Å². The number of likely N-dealkylation sites (N-methyl/N-ethyl adjacent to an activating group) is 1. The van der Waals surface area contributed by atoms with Crippen LogP contribution in [0.4, 0.5) is 0 Å². The van der Waals surface area contributed by atoms with Gasteiger partial charge in [0.25, 0.3) is 0 Å². The van der Waals surface area contributed by atoms with Crippen LogP contribution in [-0.2, 0) is 84.8 Å². The van der Waals surface area contributed by atoms with Crippen LogP contribution in [-0.4, -0.2) is 238 Å². The molecule has 0 saturated heterocycles. The molecule has 3 aromatic rings. The molecule has 15 amide bonds. The Morgan fingerprint density at radius 1 is 0.592 bits per heavy atom. The number of fused-ring (bicyclic) bond motifs is 1. The summed E-state index contributed by atoms with van der Waals surface area (Å²) in [5.74, 6) is -12.0. The standard InChI is InChI=1S/C61H95N19O16S2/c1-32(2)20-42(58(93)75-40(53(63)88)17-19-97-9)76-59(94)44(22-37-24-64-30-69-37)73-50(86)26-68-61(96)52(33(3)4)79-54(89)34(5)71-57(92)43(21-36-23-66-39-13-11-10-12-38(36)39)77-56(91)41(14-15-47(62)83)72-48(84)16-18-65-49(85)25-67-55(90)46(29-98-31-70-35(6)82)78-60(95)45(28-81)74-51(87)27-80(7)8/h10-13,23-24,30,32-34,40-46,52,66,81H,14-22,25-29,31H2,1-9H3,(H2,62,83)(H2,63,88)(H,64,69)(H,65,85)(H,67,90)(H,68,96)(H,70,82)(H,71,92)(H,72,84)(H,73,86)(H,74,87)(H,75,93)(H,76,94)(H,77,91)(H,78,95)(H,79,89)/t34-,40-,41-,42-,43-,44-,45-,46-,52-/m0/s1. The number of thioether (sulfide) groups is 2. The van der Waals surface area contributed by atoms with E-state index in [1.807, 2.05) is 20.1 Å². The zero-order valence-corrected chi connectivity index (χ0v) is 58.1. The lowest BCUT2D eigenvalue weighted by molar-refractivity contribution is -0.135. The fourth-order valence-electron chi connectivity index (χ4n) is 9.31.